The van der Waals surface area contributed by atoms with Crippen LogP contribution in [-0.2, 0) is 0 Å². The molecule has 0 saturated carbocycles. The monoisotopic (exact) mass is 443 g/mol. The van der Waals surface area contributed by atoms with Gasteiger partial charge in [-0.2, -0.15) is 10.1 Å². The zero-order chi connectivity index (χ0) is 22.0. The number of piperidine rings is 1. The van der Waals surface area contributed by atoms with E-state index >= 15 is 0 Å². The number of aryl methyl sites for hydroxylation is 2. The van der Waals surface area contributed by atoms with E-state index in [1.165, 1.54) is 12.1 Å². The molecule has 3 heterocycles. The molecule has 31 heavy (non-hydrogen) atoms. The van der Waals surface area contributed by atoms with Crippen molar-refractivity contribution >= 4 is 35.1 Å². The topological polar surface area (TPSA) is 98.8 Å². The number of aromatic amines is 1. The molecule has 162 valence electrons. The number of carbonyl (C=O) groups excluding carboxylic acids is 1. The third kappa shape index (κ3) is 4.93. The van der Waals surface area contributed by atoms with Crippen molar-refractivity contribution in [3.63, 3.8) is 0 Å². The fourth-order valence-corrected chi connectivity index (χ4v) is 3.73. The molecule has 0 radical (unpaired) electrons. The van der Waals surface area contributed by atoms with E-state index in [9.17, 15) is 9.18 Å². The number of hydrogen-bond acceptors (Lipinski definition) is 6. The van der Waals surface area contributed by atoms with E-state index in [1.807, 2.05) is 26.0 Å². The summed E-state index contributed by atoms with van der Waals surface area (Å²) < 4.78 is 14.2. The SMILES string of the molecule is Cc1cc(Nc2cc(C)[nH]n2)nc(NC2CCN(C(=O)c3cccc(Cl)c3F)CC2)n1. The molecule has 3 N–H and O–H groups in total. The van der Waals surface area contributed by atoms with E-state index in [0.29, 0.717) is 43.5 Å². The minimum absolute atomic E-state index is 0.00486. The molecule has 4 rings (SSSR count). The Morgan fingerprint density at radius 1 is 1.19 bits per heavy atom. The van der Waals surface area contributed by atoms with Gasteiger partial charge in [-0.3, -0.25) is 9.89 Å². The molecule has 1 aliphatic rings. The third-order valence-corrected chi connectivity index (χ3v) is 5.41. The number of likely N-dealkylation sites (tertiary alicyclic amines) is 1. The lowest BCUT2D eigenvalue weighted by Crippen LogP contribution is -2.42. The zero-order valence-corrected chi connectivity index (χ0v) is 18.0. The van der Waals surface area contributed by atoms with Crippen molar-refractivity contribution in [2.24, 2.45) is 0 Å². The zero-order valence-electron chi connectivity index (χ0n) is 17.2. The first-order valence-corrected chi connectivity index (χ1v) is 10.4. The lowest BCUT2D eigenvalue weighted by atomic mass is 10.0. The third-order valence-electron chi connectivity index (χ3n) is 5.11. The second kappa shape index (κ2) is 8.89. The van der Waals surface area contributed by atoms with Gasteiger partial charge in [-0.15, -0.1) is 0 Å². The molecule has 1 fully saturated rings. The van der Waals surface area contributed by atoms with Crippen LogP contribution in [-0.4, -0.2) is 50.1 Å². The summed E-state index contributed by atoms with van der Waals surface area (Å²) in [5.41, 5.74) is 1.77. The number of nitrogens with one attached hydrogen (secondary N) is 3. The number of halogens is 2. The number of H-pyrrole nitrogens is 1. The van der Waals surface area contributed by atoms with Crippen LogP contribution in [0.2, 0.25) is 5.02 Å². The van der Waals surface area contributed by atoms with E-state index < -0.39 is 5.82 Å². The van der Waals surface area contributed by atoms with Crippen molar-refractivity contribution in [2.45, 2.75) is 32.7 Å². The predicted molar refractivity (Wildman–Crippen MR) is 117 cm³/mol. The first-order valence-electron chi connectivity index (χ1n) is 10.0. The van der Waals surface area contributed by atoms with Crippen LogP contribution in [0.3, 0.4) is 0 Å². The smallest absolute Gasteiger partial charge is 0.256 e. The van der Waals surface area contributed by atoms with Gasteiger partial charge in [0, 0.05) is 42.7 Å². The molecule has 8 nitrogen and oxygen atoms in total. The molecule has 1 aliphatic heterocycles. The van der Waals surface area contributed by atoms with Gasteiger partial charge in [-0.25, -0.2) is 9.37 Å². The van der Waals surface area contributed by atoms with Crippen LogP contribution >= 0.6 is 11.6 Å². The normalized spacial score (nSPS) is 14.5. The fourth-order valence-electron chi connectivity index (χ4n) is 3.56. The number of amides is 1. The number of anilines is 3. The molecular weight excluding hydrogens is 421 g/mol. The number of hydrogen-bond donors (Lipinski definition) is 3. The lowest BCUT2D eigenvalue weighted by Gasteiger charge is -2.32. The summed E-state index contributed by atoms with van der Waals surface area (Å²) in [5.74, 6) is 0.827. The van der Waals surface area contributed by atoms with Crippen LogP contribution < -0.4 is 10.6 Å². The molecule has 0 aliphatic carbocycles. The number of carbonyl (C=O) groups is 1. The van der Waals surface area contributed by atoms with Crippen LogP contribution in [0.25, 0.3) is 0 Å². The van der Waals surface area contributed by atoms with Gasteiger partial charge in [-0.05, 0) is 38.8 Å². The van der Waals surface area contributed by atoms with Crippen molar-refractivity contribution < 1.29 is 9.18 Å². The molecule has 0 bridgehead atoms. The molecule has 1 amide bonds. The minimum atomic E-state index is -0.672. The van der Waals surface area contributed by atoms with Gasteiger partial charge in [0.25, 0.3) is 5.91 Å². The molecule has 0 spiro atoms. The first-order chi connectivity index (χ1) is 14.9. The van der Waals surface area contributed by atoms with Crippen molar-refractivity contribution in [3.05, 3.63) is 58.1 Å². The summed E-state index contributed by atoms with van der Waals surface area (Å²) >= 11 is 5.81. The van der Waals surface area contributed by atoms with Gasteiger partial charge in [0.1, 0.15) is 5.82 Å². The Hall–Kier alpha value is -3.20. The summed E-state index contributed by atoms with van der Waals surface area (Å²) in [6, 6.07) is 8.32. The second-order valence-electron chi connectivity index (χ2n) is 7.59. The fraction of sp³-hybridized carbons (Fsp3) is 0.333. The summed E-state index contributed by atoms with van der Waals surface area (Å²) in [6.45, 7) is 4.83. The maximum Gasteiger partial charge on any atom is 0.256 e. The van der Waals surface area contributed by atoms with E-state index in [2.05, 4.69) is 30.8 Å². The maximum absolute atomic E-state index is 14.2. The first kappa shape index (κ1) is 21.0. The molecule has 1 saturated heterocycles. The van der Waals surface area contributed by atoms with Gasteiger partial charge in [-0.1, -0.05) is 17.7 Å². The maximum atomic E-state index is 14.2. The highest BCUT2D eigenvalue weighted by Crippen LogP contribution is 2.23. The Kier molecular flexibility index (Phi) is 6.03. The quantitative estimate of drug-likeness (QED) is 0.549. The van der Waals surface area contributed by atoms with Crippen molar-refractivity contribution in [1.82, 2.24) is 25.1 Å². The number of aromatic nitrogens is 4. The van der Waals surface area contributed by atoms with Crippen LogP contribution in [0.4, 0.5) is 22.0 Å². The molecule has 10 heteroatoms. The number of benzene rings is 1. The molecule has 0 atom stereocenters. The average molecular weight is 444 g/mol. The van der Waals surface area contributed by atoms with E-state index in [4.69, 9.17) is 11.6 Å². The molecule has 2 aromatic heterocycles. The van der Waals surface area contributed by atoms with Gasteiger partial charge in [0.2, 0.25) is 5.95 Å². The van der Waals surface area contributed by atoms with Crippen LogP contribution in [0.5, 0.6) is 0 Å². The van der Waals surface area contributed by atoms with Crippen molar-refractivity contribution in [3.8, 4) is 0 Å². The van der Waals surface area contributed by atoms with Crippen LogP contribution in [0, 0.1) is 19.7 Å². The Morgan fingerprint density at radius 3 is 2.68 bits per heavy atom. The Morgan fingerprint density at radius 2 is 1.97 bits per heavy atom. The predicted octanol–water partition coefficient (Wildman–Crippen LogP) is 4.07. The van der Waals surface area contributed by atoms with Crippen molar-refractivity contribution in [2.75, 3.05) is 23.7 Å². The second-order valence-corrected chi connectivity index (χ2v) is 8.00. The highest BCUT2D eigenvalue weighted by molar-refractivity contribution is 6.31. The molecule has 1 aromatic carbocycles. The van der Waals surface area contributed by atoms with Gasteiger partial charge in [0.05, 0.1) is 10.6 Å². The van der Waals surface area contributed by atoms with Gasteiger partial charge in [0.15, 0.2) is 11.6 Å². The number of nitrogens with zero attached hydrogens (tertiary/aromatic N) is 4. The molecule has 0 unspecified atom stereocenters. The van der Waals surface area contributed by atoms with Gasteiger partial charge >= 0.3 is 0 Å². The largest absolute Gasteiger partial charge is 0.351 e. The van der Waals surface area contributed by atoms with E-state index in [1.54, 1.807) is 11.0 Å². The Bertz CT molecular complexity index is 1100. The van der Waals surface area contributed by atoms with Gasteiger partial charge < -0.3 is 15.5 Å². The standard InChI is InChI=1S/C21H23ClFN7O/c1-12-10-17(26-18-11-13(2)28-29-18)27-21(24-12)25-14-6-8-30(9-7-14)20(31)15-4-3-5-16(22)19(15)23/h3-5,10-11,14H,6-9H2,1-2H3,(H3,24,25,26,27,28,29). The van der Waals surface area contributed by atoms with Crippen molar-refractivity contribution in [1.29, 1.82) is 0 Å². The van der Waals surface area contributed by atoms with E-state index in [0.717, 1.165) is 11.4 Å². The summed E-state index contributed by atoms with van der Waals surface area (Å²) in [5, 5.41) is 13.5. The molecule has 3 aromatic rings. The average Bonchev–Trinajstić information content (AvgIpc) is 3.14. The minimum Gasteiger partial charge on any atom is -0.351 e. The summed E-state index contributed by atoms with van der Waals surface area (Å²) in [7, 11) is 0. The molecular formula is C21H23ClFN7O. The van der Waals surface area contributed by atoms with E-state index in [-0.39, 0.29) is 22.5 Å². The highest BCUT2D eigenvalue weighted by atomic mass is 35.5. The Balaban J connectivity index is 1.37. The Labute approximate surface area is 184 Å². The van der Waals surface area contributed by atoms with Crippen LogP contribution in [0.15, 0.2) is 30.3 Å². The number of rotatable bonds is 5. The highest BCUT2D eigenvalue weighted by Gasteiger charge is 2.26. The lowest BCUT2D eigenvalue weighted by molar-refractivity contribution is 0.0713. The summed E-state index contributed by atoms with van der Waals surface area (Å²) in [6.07, 6.45) is 1.40. The summed E-state index contributed by atoms with van der Waals surface area (Å²) in [4.78, 5) is 23.3. The van der Waals surface area contributed by atoms with Crippen LogP contribution in [0.1, 0.15) is 34.6 Å².